The number of unbranched alkanes of at least 4 members (excludes halogenated alkanes) is 1. The number of hydrogen-bond acceptors (Lipinski definition) is 5. The molecular formula is C32H41N3O5S. The molecule has 0 aliphatic rings. The average Bonchev–Trinajstić information content (AvgIpc) is 2.97. The van der Waals surface area contributed by atoms with Crippen LogP contribution in [0, 0.1) is 13.8 Å². The van der Waals surface area contributed by atoms with Crippen molar-refractivity contribution in [3.8, 4) is 5.75 Å². The fourth-order valence-corrected chi connectivity index (χ4v) is 6.01. The Morgan fingerprint density at radius 1 is 0.927 bits per heavy atom. The van der Waals surface area contributed by atoms with E-state index in [0.29, 0.717) is 18.7 Å². The van der Waals surface area contributed by atoms with Crippen molar-refractivity contribution < 1.29 is 22.7 Å². The summed E-state index contributed by atoms with van der Waals surface area (Å²) in [7, 11) is -2.72. The molecule has 1 atom stereocenters. The summed E-state index contributed by atoms with van der Waals surface area (Å²) in [6.45, 7) is 7.87. The number of methoxy groups -OCH3 is 1. The number of rotatable bonds is 14. The van der Waals surface area contributed by atoms with Crippen molar-refractivity contribution in [2.24, 2.45) is 0 Å². The van der Waals surface area contributed by atoms with E-state index in [2.05, 4.69) is 5.32 Å². The van der Waals surface area contributed by atoms with E-state index < -0.39 is 28.5 Å². The molecule has 3 rings (SSSR count). The smallest absolute Gasteiger partial charge is 0.264 e. The molecule has 0 aliphatic heterocycles. The Bertz CT molecular complexity index is 1420. The first-order valence-corrected chi connectivity index (χ1v) is 15.4. The summed E-state index contributed by atoms with van der Waals surface area (Å²) >= 11 is 0. The van der Waals surface area contributed by atoms with Crippen molar-refractivity contribution in [2.75, 3.05) is 24.5 Å². The zero-order valence-corrected chi connectivity index (χ0v) is 25.4. The van der Waals surface area contributed by atoms with Crippen LogP contribution in [0.3, 0.4) is 0 Å². The van der Waals surface area contributed by atoms with Crippen LogP contribution in [0.2, 0.25) is 0 Å². The molecule has 2 amide bonds. The minimum absolute atomic E-state index is 0.0524. The van der Waals surface area contributed by atoms with Gasteiger partial charge in [0.1, 0.15) is 18.3 Å². The standard InChI is InChI=1S/C32H41N3O5S/c1-6-8-21-33-32(37)28(7-2)34(22-26-14-10-9-13-25(26)4)31(36)23-35(29-15-11-12-16-30(29)40-5)41(38,39)27-19-17-24(3)18-20-27/h9-20,28H,6-8,21-23H2,1-5H3,(H,33,37)/t28-/m0/s1. The molecule has 0 saturated heterocycles. The number of ether oxygens (including phenoxy) is 1. The van der Waals surface area contributed by atoms with Crippen molar-refractivity contribution in [2.45, 2.75) is 64.4 Å². The van der Waals surface area contributed by atoms with E-state index in [1.54, 1.807) is 36.4 Å². The minimum Gasteiger partial charge on any atom is -0.495 e. The SMILES string of the molecule is CCCCNC(=O)[C@H](CC)N(Cc1ccccc1C)C(=O)CN(c1ccccc1OC)S(=O)(=O)c1ccc(C)cc1. The number of sulfonamides is 1. The zero-order chi connectivity index (χ0) is 30.0. The van der Waals surface area contributed by atoms with Gasteiger partial charge in [-0.1, -0.05) is 74.4 Å². The van der Waals surface area contributed by atoms with E-state index >= 15 is 0 Å². The van der Waals surface area contributed by atoms with Gasteiger partial charge >= 0.3 is 0 Å². The number of carbonyl (C=O) groups excluding carboxylic acids is 2. The topological polar surface area (TPSA) is 96.0 Å². The number of anilines is 1. The lowest BCUT2D eigenvalue weighted by molar-refractivity contribution is -0.140. The highest BCUT2D eigenvalue weighted by Gasteiger charge is 2.34. The third-order valence-corrected chi connectivity index (χ3v) is 8.83. The number of nitrogens with one attached hydrogen (secondary N) is 1. The van der Waals surface area contributed by atoms with Crippen LogP contribution in [-0.4, -0.2) is 51.4 Å². The molecule has 41 heavy (non-hydrogen) atoms. The summed E-state index contributed by atoms with van der Waals surface area (Å²) < 4.78 is 34.7. The first-order chi connectivity index (χ1) is 19.6. The second-order valence-electron chi connectivity index (χ2n) is 10.0. The van der Waals surface area contributed by atoms with Crippen LogP contribution < -0.4 is 14.4 Å². The van der Waals surface area contributed by atoms with Gasteiger partial charge in [0.25, 0.3) is 10.0 Å². The van der Waals surface area contributed by atoms with Gasteiger partial charge in [-0.2, -0.15) is 0 Å². The van der Waals surface area contributed by atoms with Gasteiger partial charge in [-0.25, -0.2) is 8.42 Å². The van der Waals surface area contributed by atoms with E-state index in [-0.39, 0.29) is 23.0 Å². The van der Waals surface area contributed by atoms with Crippen LogP contribution in [0.25, 0.3) is 0 Å². The summed E-state index contributed by atoms with van der Waals surface area (Å²) in [4.78, 5) is 29.1. The number of amides is 2. The number of aryl methyl sites for hydroxylation is 2. The molecule has 3 aromatic rings. The molecule has 9 heteroatoms. The molecule has 0 aromatic heterocycles. The van der Waals surface area contributed by atoms with Crippen molar-refractivity contribution in [3.05, 3.63) is 89.5 Å². The highest BCUT2D eigenvalue weighted by Crippen LogP contribution is 2.32. The van der Waals surface area contributed by atoms with Crippen molar-refractivity contribution >= 4 is 27.5 Å². The normalized spacial score (nSPS) is 11.9. The van der Waals surface area contributed by atoms with Crippen LogP contribution >= 0.6 is 0 Å². The summed E-state index contributed by atoms with van der Waals surface area (Å²) in [5.74, 6) is -0.439. The second-order valence-corrected chi connectivity index (χ2v) is 11.9. The van der Waals surface area contributed by atoms with E-state index in [1.165, 1.54) is 24.1 Å². The first kappa shape index (κ1) is 31.7. The molecule has 220 valence electrons. The number of para-hydroxylation sites is 2. The molecule has 0 unspecified atom stereocenters. The zero-order valence-electron chi connectivity index (χ0n) is 24.6. The Morgan fingerprint density at radius 2 is 1.59 bits per heavy atom. The fourth-order valence-electron chi connectivity index (χ4n) is 4.58. The molecule has 0 radical (unpaired) electrons. The third-order valence-electron chi connectivity index (χ3n) is 7.06. The molecule has 1 N–H and O–H groups in total. The molecular weight excluding hydrogens is 538 g/mol. The monoisotopic (exact) mass is 579 g/mol. The Labute approximate surface area is 244 Å². The van der Waals surface area contributed by atoms with Gasteiger partial charge in [0.05, 0.1) is 17.7 Å². The van der Waals surface area contributed by atoms with Crippen molar-refractivity contribution in [1.29, 1.82) is 0 Å². The highest BCUT2D eigenvalue weighted by atomic mass is 32.2. The third kappa shape index (κ3) is 7.88. The Hall–Kier alpha value is -3.85. The summed E-state index contributed by atoms with van der Waals surface area (Å²) in [6.07, 6.45) is 2.12. The van der Waals surface area contributed by atoms with E-state index in [1.807, 2.05) is 52.0 Å². The lowest BCUT2D eigenvalue weighted by atomic mass is 10.1. The van der Waals surface area contributed by atoms with E-state index in [9.17, 15) is 18.0 Å². The molecule has 0 fully saturated rings. The average molecular weight is 580 g/mol. The van der Waals surface area contributed by atoms with Gasteiger partial charge in [0.2, 0.25) is 11.8 Å². The Balaban J connectivity index is 2.08. The van der Waals surface area contributed by atoms with Crippen LogP contribution in [0.5, 0.6) is 5.75 Å². The van der Waals surface area contributed by atoms with E-state index in [0.717, 1.165) is 33.8 Å². The fraction of sp³-hybridized carbons (Fsp3) is 0.375. The maximum atomic E-state index is 14.2. The summed E-state index contributed by atoms with van der Waals surface area (Å²) in [5, 5.41) is 2.95. The van der Waals surface area contributed by atoms with Gasteiger partial charge < -0.3 is 15.0 Å². The van der Waals surface area contributed by atoms with Gasteiger partial charge in [-0.15, -0.1) is 0 Å². The quantitative estimate of drug-likeness (QED) is 0.264. The predicted octanol–water partition coefficient (Wildman–Crippen LogP) is 5.23. The molecule has 8 nitrogen and oxygen atoms in total. The lowest BCUT2D eigenvalue weighted by Gasteiger charge is -2.33. The molecule has 3 aromatic carbocycles. The van der Waals surface area contributed by atoms with Crippen LogP contribution in [0.15, 0.2) is 77.7 Å². The second kappa shape index (κ2) is 14.7. The van der Waals surface area contributed by atoms with Gasteiger partial charge in [-0.3, -0.25) is 13.9 Å². The van der Waals surface area contributed by atoms with Crippen molar-refractivity contribution in [3.63, 3.8) is 0 Å². The Kier molecular flexibility index (Phi) is 11.3. The Morgan fingerprint density at radius 3 is 2.22 bits per heavy atom. The number of benzene rings is 3. The van der Waals surface area contributed by atoms with Gasteiger partial charge in [-0.05, 0) is 62.1 Å². The molecule has 0 saturated carbocycles. The molecule has 0 spiro atoms. The summed E-state index contributed by atoms with van der Waals surface area (Å²) in [5.41, 5.74) is 3.00. The minimum atomic E-state index is -4.18. The number of carbonyl (C=O) groups is 2. The maximum Gasteiger partial charge on any atom is 0.264 e. The predicted molar refractivity (Wildman–Crippen MR) is 162 cm³/mol. The maximum absolute atomic E-state index is 14.2. The van der Waals surface area contributed by atoms with Crippen molar-refractivity contribution in [1.82, 2.24) is 10.2 Å². The molecule has 0 aliphatic carbocycles. The first-order valence-electron chi connectivity index (χ1n) is 14.0. The van der Waals surface area contributed by atoms with Gasteiger partial charge in [0.15, 0.2) is 0 Å². The summed E-state index contributed by atoms with van der Waals surface area (Å²) in [6, 6.07) is 20.1. The highest BCUT2D eigenvalue weighted by molar-refractivity contribution is 7.92. The lowest BCUT2D eigenvalue weighted by Crippen LogP contribution is -2.52. The number of nitrogens with zero attached hydrogens (tertiary/aromatic N) is 2. The van der Waals surface area contributed by atoms with Crippen LogP contribution in [0.4, 0.5) is 5.69 Å². The largest absolute Gasteiger partial charge is 0.495 e. The van der Waals surface area contributed by atoms with Crippen LogP contribution in [-0.2, 0) is 26.2 Å². The number of hydrogen-bond donors (Lipinski definition) is 1. The van der Waals surface area contributed by atoms with Gasteiger partial charge in [0, 0.05) is 13.1 Å². The molecule has 0 heterocycles. The molecule has 0 bridgehead atoms. The van der Waals surface area contributed by atoms with E-state index in [4.69, 9.17) is 4.74 Å². The van der Waals surface area contributed by atoms with Crippen LogP contribution in [0.1, 0.15) is 49.8 Å².